The molecule has 1 saturated heterocycles. The minimum atomic E-state index is -0.396. The van der Waals surface area contributed by atoms with Crippen molar-refractivity contribution in [2.75, 3.05) is 88.5 Å². The summed E-state index contributed by atoms with van der Waals surface area (Å²) >= 11 is 0. The van der Waals surface area contributed by atoms with E-state index in [1.54, 1.807) is 21.3 Å². The molecule has 0 bridgehead atoms. The molecule has 1 fully saturated rings. The molecule has 0 saturated carbocycles. The van der Waals surface area contributed by atoms with Crippen molar-refractivity contribution < 1.29 is 19.1 Å². The largest absolute Gasteiger partial charge is 0.497 e. The summed E-state index contributed by atoms with van der Waals surface area (Å²) in [5.41, 5.74) is 1.01. The Balaban J connectivity index is 1.80. The van der Waals surface area contributed by atoms with Crippen molar-refractivity contribution in [3.8, 4) is 5.75 Å². The Morgan fingerprint density at radius 2 is 1.56 bits per heavy atom. The van der Waals surface area contributed by atoms with Gasteiger partial charge in [-0.1, -0.05) is 0 Å². The van der Waals surface area contributed by atoms with Gasteiger partial charge in [0.1, 0.15) is 12.1 Å². The van der Waals surface area contributed by atoms with Gasteiger partial charge in [0.2, 0.25) is 11.6 Å². The van der Waals surface area contributed by atoms with Gasteiger partial charge in [0, 0.05) is 59.2 Å². The van der Waals surface area contributed by atoms with Gasteiger partial charge in [-0.05, 0) is 24.3 Å². The third-order valence-electron chi connectivity index (χ3n) is 5.41. The predicted octanol–water partition coefficient (Wildman–Crippen LogP) is 1.82. The fourth-order valence-electron chi connectivity index (χ4n) is 3.68. The molecule has 0 atom stereocenters. The maximum Gasteiger partial charge on any atom is 0.353 e. The summed E-state index contributed by atoms with van der Waals surface area (Å²) in [6, 6.07) is 7.89. The zero-order chi connectivity index (χ0) is 22.9. The standard InChI is InChI=1S/C21H30N6O5/c1-30-14-12-26(13-15-31-2)21-19(27(28)29)20(22-16-23-21)25-10-8-24(9-11-25)17-4-6-18(32-3)7-5-17/h4-7,16H,8-15H2,1-3H3. The summed E-state index contributed by atoms with van der Waals surface area (Å²) < 4.78 is 15.6. The first-order chi connectivity index (χ1) is 15.6. The fraction of sp³-hybridized carbons (Fsp3) is 0.524. The van der Waals surface area contributed by atoms with E-state index < -0.39 is 4.92 Å². The van der Waals surface area contributed by atoms with Crippen LogP contribution in [0.25, 0.3) is 0 Å². The molecule has 0 N–H and O–H groups in total. The van der Waals surface area contributed by atoms with Crippen LogP contribution in [0, 0.1) is 10.1 Å². The number of nitrogens with zero attached hydrogens (tertiary/aromatic N) is 6. The van der Waals surface area contributed by atoms with Crippen LogP contribution in [0.1, 0.15) is 0 Å². The van der Waals surface area contributed by atoms with Crippen molar-refractivity contribution in [1.82, 2.24) is 9.97 Å². The van der Waals surface area contributed by atoms with Crippen molar-refractivity contribution >= 4 is 23.0 Å². The highest BCUT2D eigenvalue weighted by Crippen LogP contribution is 2.35. The first kappa shape index (κ1) is 23.5. The van der Waals surface area contributed by atoms with E-state index in [9.17, 15) is 10.1 Å². The van der Waals surface area contributed by atoms with E-state index in [0.29, 0.717) is 45.2 Å². The second kappa shape index (κ2) is 11.4. The van der Waals surface area contributed by atoms with Gasteiger partial charge in [-0.25, -0.2) is 9.97 Å². The maximum atomic E-state index is 12.1. The van der Waals surface area contributed by atoms with Crippen LogP contribution < -0.4 is 19.4 Å². The minimum Gasteiger partial charge on any atom is -0.497 e. The van der Waals surface area contributed by atoms with E-state index in [1.807, 2.05) is 34.1 Å². The lowest BCUT2D eigenvalue weighted by Crippen LogP contribution is -2.47. The van der Waals surface area contributed by atoms with E-state index >= 15 is 0 Å². The Labute approximate surface area is 187 Å². The zero-order valence-corrected chi connectivity index (χ0v) is 18.8. The molecule has 2 heterocycles. The molecule has 0 spiro atoms. The number of rotatable bonds is 11. The molecule has 0 unspecified atom stereocenters. The smallest absolute Gasteiger partial charge is 0.353 e. The molecule has 0 radical (unpaired) electrons. The number of methoxy groups -OCH3 is 3. The lowest BCUT2D eigenvalue weighted by molar-refractivity contribution is -0.383. The molecule has 1 aliphatic rings. The molecular weight excluding hydrogens is 416 g/mol. The van der Waals surface area contributed by atoms with E-state index in [-0.39, 0.29) is 11.5 Å². The Morgan fingerprint density at radius 1 is 0.969 bits per heavy atom. The summed E-state index contributed by atoms with van der Waals surface area (Å²) in [4.78, 5) is 26.2. The second-order valence-corrected chi connectivity index (χ2v) is 7.27. The summed E-state index contributed by atoms with van der Waals surface area (Å²) in [7, 11) is 4.83. The number of anilines is 3. The van der Waals surface area contributed by atoms with Gasteiger partial charge in [0.25, 0.3) is 0 Å². The fourth-order valence-corrected chi connectivity index (χ4v) is 3.68. The van der Waals surface area contributed by atoms with E-state index in [0.717, 1.165) is 24.5 Å². The van der Waals surface area contributed by atoms with Crippen LogP contribution in [0.4, 0.5) is 23.0 Å². The van der Waals surface area contributed by atoms with E-state index in [1.165, 1.54) is 6.33 Å². The molecule has 11 heteroatoms. The lowest BCUT2D eigenvalue weighted by atomic mass is 10.2. The quantitative estimate of drug-likeness (QED) is 0.375. The van der Waals surface area contributed by atoms with E-state index in [2.05, 4.69) is 14.9 Å². The number of hydrogen-bond acceptors (Lipinski definition) is 10. The molecule has 2 aromatic rings. The van der Waals surface area contributed by atoms with Crippen LogP contribution in [0.2, 0.25) is 0 Å². The number of hydrogen-bond donors (Lipinski definition) is 0. The topological polar surface area (TPSA) is 106 Å². The van der Waals surface area contributed by atoms with Gasteiger partial charge < -0.3 is 28.9 Å². The average Bonchev–Trinajstić information content (AvgIpc) is 2.84. The van der Waals surface area contributed by atoms with Crippen LogP contribution in [-0.4, -0.2) is 88.7 Å². The van der Waals surface area contributed by atoms with Crippen LogP contribution >= 0.6 is 0 Å². The second-order valence-electron chi connectivity index (χ2n) is 7.27. The van der Waals surface area contributed by atoms with Gasteiger partial charge in [0.05, 0.1) is 25.2 Å². The van der Waals surface area contributed by atoms with Gasteiger partial charge in [-0.3, -0.25) is 10.1 Å². The molecular formula is C21H30N6O5. The maximum absolute atomic E-state index is 12.1. The normalized spacial score (nSPS) is 13.8. The van der Waals surface area contributed by atoms with Crippen molar-refractivity contribution in [3.05, 3.63) is 40.7 Å². The Hall–Kier alpha value is -3.18. The molecule has 1 aromatic heterocycles. The summed E-state index contributed by atoms with van der Waals surface area (Å²) in [5.74, 6) is 1.43. The predicted molar refractivity (Wildman–Crippen MR) is 122 cm³/mol. The number of nitro groups is 1. The highest BCUT2D eigenvalue weighted by atomic mass is 16.6. The molecule has 0 aliphatic carbocycles. The number of benzene rings is 1. The van der Waals surface area contributed by atoms with Crippen LogP contribution in [-0.2, 0) is 9.47 Å². The molecule has 32 heavy (non-hydrogen) atoms. The highest BCUT2D eigenvalue weighted by Gasteiger charge is 2.31. The summed E-state index contributed by atoms with van der Waals surface area (Å²) in [6.07, 6.45) is 1.39. The molecule has 3 rings (SSSR count). The molecule has 1 aromatic carbocycles. The first-order valence-electron chi connectivity index (χ1n) is 10.4. The Bertz CT molecular complexity index is 865. The average molecular weight is 447 g/mol. The monoisotopic (exact) mass is 446 g/mol. The minimum absolute atomic E-state index is 0.0856. The highest BCUT2D eigenvalue weighted by molar-refractivity contribution is 5.71. The SMILES string of the molecule is COCCN(CCOC)c1ncnc(N2CCN(c3ccc(OC)cc3)CC2)c1[N+](=O)[O-]. The van der Waals surface area contributed by atoms with Crippen LogP contribution in [0.3, 0.4) is 0 Å². The van der Waals surface area contributed by atoms with Gasteiger partial charge in [-0.15, -0.1) is 0 Å². The lowest BCUT2D eigenvalue weighted by Gasteiger charge is -2.36. The van der Waals surface area contributed by atoms with Crippen LogP contribution in [0.15, 0.2) is 30.6 Å². The van der Waals surface area contributed by atoms with Crippen LogP contribution in [0.5, 0.6) is 5.75 Å². The van der Waals surface area contributed by atoms with Crippen molar-refractivity contribution in [1.29, 1.82) is 0 Å². The molecule has 1 aliphatic heterocycles. The zero-order valence-electron chi connectivity index (χ0n) is 18.8. The van der Waals surface area contributed by atoms with Gasteiger partial charge in [0.15, 0.2) is 0 Å². The van der Waals surface area contributed by atoms with Gasteiger partial charge in [-0.2, -0.15) is 0 Å². The third-order valence-corrected chi connectivity index (χ3v) is 5.41. The van der Waals surface area contributed by atoms with Crippen molar-refractivity contribution in [2.45, 2.75) is 0 Å². The first-order valence-corrected chi connectivity index (χ1v) is 10.4. The number of piperazine rings is 1. The summed E-state index contributed by atoms with van der Waals surface area (Å²) in [6.45, 7) is 4.42. The summed E-state index contributed by atoms with van der Waals surface area (Å²) in [5, 5.41) is 12.1. The number of aromatic nitrogens is 2. The molecule has 174 valence electrons. The van der Waals surface area contributed by atoms with Gasteiger partial charge >= 0.3 is 5.69 Å². The van der Waals surface area contributed by atoms with E-state index in [4.69, 9.17) is 14.2 Å². The molecule has 11 nitrogen and oxygen atoms in total. The van der Waals surface area contributed by atoms with Crippen molar-refractivity contribution in [2.24, 2.45) is 0 Å². The van der Waals surface area contributed by atoms with Crippen molar-refractivity contribution in [3.63, 3.8) is 0 Å². The Morgan fingerprint density at radius 3 is 2.09 bits per heavy atom. The number of ether oxygens (including phenoxy) is 3. The molecule has 0 amide bonds. The Kier molecular flexibility index (Phi) is 8.40. The third kappa shape index (κ3) is 5.54.